The van der Waals surface area contributed by atoms with E-state index in [1.54, 1.807) is 6.07 Å². The normalized spacial score (nSPS) is 13.2. The summed E-state index contributed by atoms with van der Waals surface area (Å²) in [6, 6.07) is 5.46. The molecule has 6 heteroatoms. The number of carbonyl (C=O) groups excluding carboxylic acids is 2. The molecule has 0 atom stereocenters. The van der Waals surface area contributed by atoms with Gasteiger partial charge in [0, 0.05) is 25.3 Å². The van der Waals surface area contributed by atoms with E-state index in [0.717, 1.165) is 44.7 Å². The van der Waals surface area contributed by atoms with Crippen molar-refractivity contribution in [1.29, 1.82) is 0 Å². The van der Waals surface area contributed by atoms with Gasteiger partial charge in [0.15, 0.2) is 0 Å². The number of rotatable bonds is 9. The van der Waals surface area contributed by atoms with E-state index in [1.807, 2.05) is 12.1 Å². The molecule has 1 heterocycles. The Morgan fingerprint density at radius 2 is 1.71 bits per heavy atom. The zero-order valence-corrected chi connectivity index (χ0v) is 15.6. The number of likely N-dealkylation sites (N-methyl/N-ethyl adjacent to an activating group) is 1. The molecule has 0 spiro atoms. The van der Waals surface area contributed by atoms with Gasteiger partial charge in [0.1, 0.15) is 0 Å². The fraction of sp³-hybridized carbons (Fsp3) is 0.556. The summed E-state index contributed by atoms with van der Waals surface area (Å²) in [6.45, 7) is 10.2. The number of benzene rings is 1. The highest BCUT2D eigenvalue weighted by Gasteiger charge is 2.35. The minimum absolute atomic E-state index is 0. The summed E-state index contributed by atoms with van der Waals surface area (Å²) in [5.41, 5.74) is 1.95. The third kappa shape index (κ3) is 4.48. The van der Waals surface area contributed by atoms with E-state index in [0.29, 0.717) is 17.7 Å². The Labute approximate surface area is 150 Å². The van der Waals surface area contributed by atoms with Crippen molar-refractivity contribution in [3.05, 3.63) is 29.3 Å². The second-order valence-electron chi connectivity index (χ2n) is 5.83. The Morgan fingerprint density at radius 3 is 2.33 bits per heavy atom. The first-order chi connectivity index (χ1) is 11.1. The molecule has 2 rings (SSSR count). The molecular formula is C18H28ClN3O2. The van der Waals surface area contributed by atoms with Crippen molar-refractivity contribution in [1.82, 2.24) is 9.80 Å². The molecule has 0 aliphatic carbocycles. The summed E-state index contributed by atoms with van der Waals surface area (Å²) in [4.78, 5) is 28.6. The number of nitrogens with one attached hydrogen (secondary N) is 1. The molecule has 1 aromatic rings. The molecular weight excluding hydrogens is 326 g/mol. The highest BCUT2D eigenvalue weighted by atomic mass is 35.5. The van der Waals surface area contributed by atoms with Crippen molar-refractivity contribution >= 4 is 29.9 Å². The van der Waals surface area contributed by atoms with Crippen LogP contribution in [0.2, 0.25) is 0 Å². The molecule has 0 saturated heterocycles. The maximum Gasteiger partial charge on any atom is 0.261 e. The van der Waals surface area contributed by atoms with Crippen LogP contribution in [0.1, 0.15) is 54.3 Å². The summed E-state index contributed by atoms with van der Waals surface area (Å²) in [5.74, 6) is -0.339. The quantitative estimate of drug-likeness (QED) is 0.547. The Balaban J connectivity index is 0.00000288. The molecule has 1 aliphatic heterocycles. The zero-order chi connectivity index (χ0) is 16.8. The van der Waals surface area contributed by atoms with Crippen LogP contribution in [0.4, 0.5) is 5.69 Å². The second kappa shape index (κ2) is 9.64. The van der Waals surface area contributed by atoms with Crippen LogP contribution >= 0.6 is 12.4 Å². The lowest BCUT2D eigenvalue weighted by molar-refractivity contribution is 0.0638. The first-order valence-corrected chi connectivity index (χ1v) is 8.58. The summed E-state index contributed by atoms with van der Waals surface area (Å²) in [7, 11) is 0. The number of nitrogens with zero attached hydrogens (tertiary/aromatic N) is 2. The van der Waals surface area contributed by atoms with Gasteiger partial charge in [0.05, 0.1) is 11.1 Å². The maximum absolute atomic E-state index is 12.5. The van der Waals surface area contributed by atoms with Crippen LogP contribution in [0.3, 0.4) is 0 Å². The molecule has 0 fully saturated rings. The summed E-state index contributed by atoms with van der Waals surface area (Å²) in [5, 5.41) is 3.30. The molecule has 5 nitrogen and oxygen atoms in total. The van der Waals surface area contributed by atoms with Crippen LogP contribution in [0.15, 0.2) is 18.2 Å². The smallest absolute Gasteiger partial charge is 0.261 e. The van der Waals surface area contributed by atoms with Crippen molar-refractivity contribution < 1.29 is 9.59 Å². The molecule has 1 aliphatic rings. The number of fused-ring (bicyclic) bond motifs is 1. The van der Waals surface area contributed by atoms with Crippen molar-refractivity contribution in [3.63, 3.8) is 0 Å². The molecule has 1 aromatic carbocycles. The van der Waals surface area contributed by atoms with E-state index in [1.165, 1.54) is 4.90 Å². The Morgan fingerprint density at radius 1 is 1.04 bits per heavy atom. The van der Waals surface area contributed by atoms with Crippen molar-refractivity contribution in [2.24, 2.45) is 0 Å². The van der Waals surface area contributed by atoms with Crippen LogP contribution in [0, 0.1) is 0 Å². The molecule has 1 N–H and O–H groups in total. The summed E-state index contributed by atoms with van der Waals surface area (Å²) in [6.07, 6.45) is 2.20. The average molecular weight is 354 g/mol. The Bertz CT molecular complexity index is 573. The van der Waals surface area contributed by atoms with Gasteiger partial charge >= 0.3 is 0 Å². The first-order valence-electron chi connectivity index (χ1n) is 8.58. The lowest BCUT2D eigenvalue weighted by atomic mass is 10.1. The topological polar surface area (TPSA) is 52.7 Å². The Hall–Kier alpha value is -1.59. The fourth-order valence-corrected chi connectivity index (χ4v) is 2.79. The van der Waals surface area contributed by atoms with E-state index in [2.05, 4.69) is 31.0 Å². The standard InChI is InChI=1S/C18H27N3O2.ClH/c1-4-7-10-19-14-8-9-15-16(13-14)18(23)21(17(15)22)12-11-20(5-2)6-3;/h8-9,13,19H,4-7,10-12H2,1-3H3;1H. The van der Waals surface area contributed by atoms with Crippen LogP contribution in [-0.2, 0) is 0 Å². The van der Waals surface area contributed by atoms with Gasteiger partial charge in [0.25, 0.3) is 11.8 Å². The predicted octanol–water partition coefficient (Wildman–Crippen LogP) is 3.26. The van der Waals surface area contributed by atoms with E-state index >= 15 is 0 Å². The van der Waals surface area contributed by atoms with E-state index in [-0.39, 0.29) is 24.2 Å². The molecule has 0 aromatic heterocycles. The minimum Gasteiger partial charge on any atom is -0.385 e. The molecule has 24 heavy (non-hydrogen) atoms. The summed E-state index contributed by atoms with van der Waals surface area (Å²) >= 11 is 0. The van der Waals surface area contributed by atoms with Crippen LogP contribution in [0.25, 0.3) is 0 Å². The van der Waals surface area contributed by atoms with Crippen molar-refractivity contribution in [2.45, 2.75) is 33.6 Å². The number of hydrogen-bond acceptors (Lipinski definition) is 4. The fourth-order valence-electron chi connectivity index (χ4n) is 2.79. The van der Waals surface area contributed by atoms with Gasteiger partial charge in [0.2, 0.25) is 0 Å². The third-order valence-corrected chi connectivity index (χ3v) is 4.36. The lowest BCUT2D eigenvalue weighted by Gasteiger charge is -2.21. The highest BCUT2D eigenvalue weighted by Crippen LogP contribution is 2.25. The van der Waals surface area contributed by atoms with Crippen molar-refractivity contribution in [2.75, 3.05) is 38.0 Å². The first kappa shape index (κ1) is 20.5. The minimum atomic E-state index is -0.170. The molecule has 134 valence electrons. The highest BCUT2D eigenvalue weighted by molar-refractivity contribution is 6.21. The zero-order valence-electron chi connectivity index (χ0n) is 14.8. The number of anilines is 1. The van der Waals surface area contributed by atoms with Gasteiger partial charge < -0.3 is 10.2 Å². The monoisotopic (exact) mass is 353 g/mol. The largest absolute Gasteiger partial charge is 0.385 e. The lowest BCUT2D eigenvalue weighted by Crippen LogP contribution is -2.38. The number of carbonyl (C=O) groups is 2. The number of unbranched alkanes of at least 4 members (excludes halogenated alkanes) is 1. The average Bonchev–Trinajstić information content (AvgIpc) is 2.80. The second-order valence-corrected chi connectivity index (χ2v) is 5.83. The number of halogens is 1. The van der Waals surface area contributed by atoms with Gasteiger partial charge in [-0.1, -0.05) is 27.2 Å². The number of amides is 2. The molecule has 0 bridgehead atoms. The van der Waals surface area contributed by atoms with Gasteiger partial charge in [-0.15, -0.1) is 12.4 Å². The third-order valence-electron chi connectivity index (χ3n) is 4.36. The molecule has 0 radical (unpaired) electrons. The SMILES string of the molecule is CCCCNc1ccc2c(c1)C(=O)N(CCN(CC)CC)C2=O.Cl. The number of hydrogen-bond donors (Lipinski definition) is 1. The molecule has 0 saturated carbocycles. The Kier molecular flexibility index (Phi) is 8.22. The van der Waals surface area contributed by atoms with E-state index in [9.17, 15) is 9.59 Å². The van der Waals surface area contributed by atoms with E-state index in [4.69, 9.17) is 0 Å². The van der Waals surface area contributed by atoms with Crippen LogP contribution in [-0.4, -0.2) is 54.3 Å². The van der Waals surface area contributed by atoms with E-state index < -0.39 is 0 Å². The van der Waals surface area contributed by atoms with Gasteiger partial charge in [-0.3, -0.25) is 14.5 Å². The van der Waals surface area contributed by atoms with Gasteiger partial charge in [-0.05, 0) is 37.7 Å². The molecule has 2 amide bonds. The number of imide groups is 1. The molecule has 0 unspecified atom stereocenters. The van der Waals surface area contributed by atoms with Crippen molar-refractivity contribution in [3.8, 4) is 0 Å². The van der Waals surface area contributed by atoms with Gasteiger partial charge in [-0.2, -0.15) is 0 Å². The van der Waals surface area contributed by atoms with Gasteiger partial charge in [-0.25, -0.2) is 0 Å². The summed E-state index contributed by atoms with van der Waals surface area (Å²) < 4.78 is 0. The van der Waals surface area contributed by atoms with Crippen LogP contribution in [0.5, 0.6) is 0 Å². The maximum atomic E-state index is 12.5. The predicted molar refractivity (Wildman–Crippen MR) is 100 cm³/mol. The van der Waals surface area contributed by atoms with Crippen LogP contribution < -0.4 is 5.32 Å².